The number of hydrogen-bond acceptors (Lipinski definition) is 1. The highest BCUT2D eigenvalue weighted by molar-refractivity contribution is 5.15. The predicted molar refractivity (Wildman–Crippen MR) is 85.9 cm³/mol. The van der Waals surface area contributed by atoms with E-state index in [1.807, 2.05) is 0 Å². The maximum Gasteiger partial charge on any atom is 0.0762 e. The second-order valence-corrected chi connectivity index (χ2v) is 5.83. The third-order valence-corrected chi connectivity index (χ3v) is 4.06. The lowest BCUT2D eigenvalue weighted by molar-refractivity contribution is -0.00307. The van der Waals surface area contributed by atoms with Crippen LogP contribution in [0, 0.1) is 0 Å². The third-order valence-electron chi connectivity index (χ3n) is 4.06. The molecular weight excluding hydrogens is 244 g/mol. The summed E-state index contributed by atoms with van der Waals surface area (Å²) in [7, 11) is 0. The molecule has 1 heterocycles. The second-order valence-electron chi connectivity index (χ2n) is 5.83. The smallest absolute Gasteiger partial charge is 0.0762 e. The maximum atomic E-state index is 6.20. The van der Waals surface area contributed by atoms with Gasteiger partial charge in [-0.3, -0.25) is 0 Å². The van der Waals surface area contributed by atoms with Gasteiger partial charge < -0.3 is 4.74 Å². The van der Waals surface area contributed by atoms with Crippen LogP contribution in [-0.2, 0) is 11.2 Å². The van der Waals surface area contributed by atoms with Crippen molar-refractivity contribution in [2.75, 3.05) is 0 Å². The molecule has 110 valence electrons. The van der Waals surface area contributed by atoms with E-state index in [2.05, 4.69) is 49.4 Å². The molecule has 1 nitrogen and oxygen atoms in total. The first kappa shape index (κ1) is 15.3. The molecule has 1 aliphatic rings. The van der Waals surface area contributed by atoms with Gasteiger partial charge in [0, 0.05) is 0 Å². The minimum atomic E-state index is 0.320. The van der Waals surface area contributed by atoms with Crippen LogP contribution >= 0.6 is 0 Å². The monoisotopic (exact) mass is 272 g/mol. The molecule has 0 unspecified atom stereocenters. The molecule has 1 aromatic carbocycles. The SMILES string of the molecule is CCCCCC[C@@H]1CC=C[C@@H](CCc2ccccc2)O1. The molecule has 1 aromatic rings. The van der Waals surface area contributed by atoms with Gasteiger partial charge in [-0.25, -0.2) is 0 Å². The number of rotatable bonds is 8. The molecule has 0 aliphatic carbocycles. The van der Waals surface area contributed by atoms with Crippen LogP contribution in [0.4, 0.5) is 0 Å². The van der Waals surface area contributed by atoms with E-state index < -0.39 is 0 Å². The van der Waals surface area contributed by atoms with E-state index in [1.165, 1.54) is 37.7 Å². The van der Waals surface area contributed by atoms with E-state index in [-0.39, 0.29) is 0 Å². The zero-order valence-electron chi connectivity index (χ0n) is 12.8. The van der Waals surface area contributed by atoms with Crippen molar-refractivity contribution in [2.45, 2.75) is 70.5 Å². The van der Waals surface area contributed by atoms with Crippen LogP contribution in [0.15, 0.2) is 42.5 Å². The number of hydrogen-bond donors (Lipinski definition) is 0. The highest BCUT2D eigenvalue weighted by Crippen LogP contribution is 2.21. The van der Waals surface area contributed by atoms with Crippen molar-refractivity contribution >= 4 is 0 Å². The Bertz CT molecular complexity index is 382. The van der Waals surface area contributed by atoms with Crippen LogP contribution in [0.1, 0.15) is 57.4 Å². The molecule has 0 spiro atoms. The Kier molecular flexibility index (Phi) is 6.86. The number of aryl methyl sites for hydroxylation is 1. The first-order chi connectivity index (χ1) is 9.88. The van der Waals surface area contributed by atoms with Crippen molar-refractivity contribution in [3.8, 4) is 0 Å². The number of benzene rings is 1. The van der Waals surface area contributed by atoms with Crippen molar-refractivity contribution in [3.63, 3.8) is 0 Å². The van der Waals surface area contributed by atoms with Gasteiger partial charge in [-0.05, 0) is 31.2 Å². The zero-order chi connectivity index (χ0) is 14.0. The minimum Gasteiger partial charge on any atom is -0.371 e. The molecule has 0 aromatic heterocycles. The fourth-order valence-electron chi connectivity index (χ4n) is 2.83. The van der Waals surface area contributed by atoms with Crippen molar-refractivity contribution in [1.82, 2.24) is 0 Å². The van der Waals surface area contributed by atoms with Crippen LogP contribution in [0.2, 0.25) is 0 Å². The summed E-state index contributed by atoms with van der Waals surface area (Å²) in [5, 5.41) is 0. The van der Waals surface area contributed by atoms with Gasteiger partial charge in [-0.2, -0.15) is 0 Å². The van der Waals surface area contributed by atoms with Gasteiger partial charge in [-0.15, -0.1) is 0 Å². The van der Waals surface area contributed by atoms with E-state index in [0.717, 1.165) is 19.3 Å². The van der Waals surface area contributed by atoms with Crippen molar-refractivity contribution < 1.29 is 4.74 Å². The number of ether oxygens (including phenoxy) is 1. The quantitative estimate of drug-likeness (QED) is 0.460. The number of unbranched alkanes of at least 4 members (excludes halogenated alkanes) is 3. The van der Waals surface area contributed by atoms with E-state index in [9.17, 15) is 0 Å². The van der Waals surface area contributed by atoms with E-state index in [0.29, 0.717) is 12.2 Å². The highest BCUT2D eigenvalue weighted by atomic mass is 16.5. The van der Waals surface area contributed by atoms with E-state index in [4.69, 9.17) is 4.74 Å². The molecule has 2 atom stereocenters. The van der Waals surface area contributed by atoms with Gasteiger partial charge in [0.2, 0.25) is 0 Å². The fourth-order valence-corrected chi connectivity index (χ4v) is 2.83. The van der Waals surface area contributed by atoms with Crippen LogP contribution in [0.3, 0.4) is 0 Å². The standard InChI is InChI=1S/C19H28O/c1-2-3-4-8-12-18-13-9-14-19(20-18)16-15-17-10-6-5-7-11-17/h5-7,9-11,14,18-19H,2-4,8,12-13,15-16H2,1H3/t18-,19+/m1/s1. The molecule has 0 fully saturated rings. The summed E-state index contributed by atoms with van der Waals surface area (Å²) in [6, 6.07) is 10.7. The molecule has 20 heavy (non-hydrogen) atoms. The zero-order valence-corrected chi connectivity index (χ0v) is 12.8. The Hall–Kier alpha value is -1.08. The Morgan fingerprint density at radius 2 is 1.90 bits per heavy atom. The predicted octanol–water partition coefficient (Wildman–Crippen LogP) is 5.30. The first-order valence-corrected chi connectivity index (χ1v) is 8.24. The van der Waals surface area contributed by atoms with E-state index in [1.54, 1.807) is 0 Å². The van der Waals surface area contributed by atoms with Gasteiger partial charge in [-0.1, -0.05) is 75.1 Å². The molecule has 0 N–H and O–H groups in total. The van der Waals surface area contributed by atoms with Crippen LogP contribution in [0.25, 0.3) is 0 Å². The molecule has 0 saturated heterocycles. The summed E-state index contributed by atoms with van der Waals surface area (Å²) in [5.74, 6) is 0. The fraction of sp³-hybridized carbons (Fsp3) is 0.579. The lowest BCUT2D eigenvalue weighted by Crippen LogP contribution is -2.24. The molecule has 0 saturated carbocycles. The highest BCUT2D eigenvalue weighted by Gasteiger charge is 2.17. The summed E-state index contributed by atoms with van der Waals surface area (Å²) >= 11 is 0. The lowest BCUT2D eigenvalue weighted by Gasteiger charge is -2.26. The first-order valence-electron chi connectivity index (χ1n) is 8.24. The van der Waals surface area contributed by atoms with Gasteiger partial charge in [0.25, 0.3) is 0 Å². The van der Waals surface area contributed by atoms with Crippen molar-refractivity contribution in [1.29, 1.82) is 0 Å². The van der Waals surface area contributed by atoms with Crippen molar-refractivity contribution in [3.05, 3.63) is 48.0 Å². The Morgan fingerprint density at radius 3 is 2.70 bits per heavy atom. The molecular formula is C19H28O. The summed E-state index contributed by atoms with van der Waals surface area (Å²) in [6.07, 6.45) is 15.2. The summed E-state index contributed by atoms with van der Waals surface area (Å²) < 4.78 is 6.20. The maximum absolute atomic E-state index is 6.20. The van der Waals surface area contributed by atoms with Crippen LogP contribution < -0.4 is 0 Å². The average molecular weight is 272 g/mol. The molecule has 2 rings (SSSR count). The molecule has 0 radical (unpaired) electrons. The largest absolute Gasteiger partial charge is 0.371 e. The average Bonchev–Trinajstić information content (AvgIpc) is 2.51. The summed E-state index contributed by atoms with van der Waals surface area (Å²) in [6.45, 7) is 2.26. The molecule has 0 bridgehead atoms. The van der Waals surface area contributed by atoms with Gasteiger partial charge in [0.05, 0.1) is 12.2 Å². The third kappa shape index (κ3) is 5.50. The minimum absolute atomic E-state index is 0.320. The summed E-state index contributed by atoms with van der Waals surface area (Å²) in [4.78, 5) is 0. The van der Waals surface area contributed by atoms with Gasteiger partial charge in [0.1, 0.15) is 0 Å². The van der Waals surface area contributed by atoms with Gasteiger partial charge >= 0.3 is 0 Å². The molecule has 1 heteroatoms. The molecule has 1 aliphatic heterocycles. The Balaban J connectivity index is 1.68. The van der Waals surface area contributed by atoms with Crippen LogP contribution in [0.5, 0.6) is 0 Å². The summed E-state index contributed by atoms with van der Waals surface area (Å²) in [5.41, 5.74) is 1.41. The lowest BCUT2D eigenvalue weighted by atomic mass is 10.0. The topological polar surface area (TPSA) is 9.23 Å². The second kappa shape index (κ2) is 8.97. The normalized spacial score (nSPS) is 22.1. The van der Waals surface area contributed by atoms with Gasteiger partial charge in [0.15, 0.2) is 0 Å². The van der Waals surface area contributed by atoms with Crippen molar-refractivity contribution in [2.24, 2.45) is 0 Å². The Labute approximate surface area is 124 Å². The Morgan fingerprint density at radius 1 is 1.05 bits per heavy atom. The van der Waals surface area contributed by atoms with Crippen LogP contribution in [-0.4, -0.2) is 12.2 Å². The molecule has 0 amide bonds. The van der Waals surface area contributed by atoms with E-state index >= 15 is 0 Å².